The number of hydrogen-bond donors (Lipinski definition) is 1. The van der Waals surface area contributed by atoms with Gasteiger partial charge in [-0.15, -0.1) is 0 Å². The molecule has 0 bridgehead atoms. The SMILES string of the molecule is CC(=O)O[C@H]1[C@H](N)C(=O)N1C(C(=O)OCc1ccccc1)c1ccccc1. The molecule has 1 aliphatic rings. The van der Waals surface area contributed by atoms with Crippen molar-refractivity contribution in [1.29, 1.82) is 0 Å². The van der Waals surface area contributed by atoms with Crippen LogP contribution in [0.1, 0.15) is 24.1 Å². The highest BCUT2D eigenvalue weighted by atomic mass is 16.6. The van der Waals surface area contributed by atoms with Crippen LogP contribution in [0.2, 0.25) is 0 Å². The van der Waals surface area contributed by atoms with E-state index in [1.54, 1.807) is 30.3 Å². The van der Waals surface area contributed by atoms with Crippen molar-refractivity contribution in [3.63, 3.8) is 0 Å². The van der Waals surface area contributed by atoms with Crippen LogP contribution in [0.25, 0.3) is 0 Å². The summed E-state index contributed by atoms with van der Waals surface area (Å²) in [5, 5.41) is 0. The lowest BCUT2D eigenvalue weighted by atomic mass is 9.97. The first-order valence-corrected chi connectivity index (χ1v) is 8.49. The van der Waals surface area contributed by atoms with E-state index in [2.05, 4.69) is 0 Å². The Balaban J connectivity index is 1.84. The van der Waals surface area contributed by atoms with Crippen LogP contribution in [0.5, 0.6) is 0 Å². The van der Waals surface area contributed by atoms with Crippen molar-refractivity contribution in [3.05, 3.63) is 71.8 Å². The van der Waals surface area contributed by atoms with Gasteiger partial charge in [0.1, 0.15) is 12.6 Å². The highest BCUT2D eigenvalue weighted by molar-refractivity contribution is 5.94. The van der Waals surface area contributed by atoms with Crippen LogP contribution in [-0.2, 0) is 30.5 Å². The summed E-state index contributed by atoms with van der Waals surface area (Å²) in [5.41, 5.74) is 7.13. The van der Waals surface area contributed by atoms with Gasteiger partial charge in [0.2, 0.25) is 12.1 Å². The van der Waals surface area contributed by atoms with E-state index in [9.17, 15) is 14.4 Å². The largest absolute Gasteiger partial charge is 0.459 e. The molecule has 1 heterocycles. The zero-order chi connectivity index (χ0) is 19.4. The van der Waals surface area contributed by atoms with Crippen LogP contribution in [0.4, 0.5) is 0 Å². The average molecular weight is 368 g/mol. The predicted octanol–water partition coefficient (Wildman–Crippen LogP) is 1.53. The maximum absolute atomic E-state index is 12.8. The highest BCUT2D eigenvalue weighted by Crippen LogP contribution is 2.33. The summed E-state index contributed by atoms with van der Waals surface area (Å²) < 4.78 is 10.6. The number of amides is 1. The Morgan fingerprint density at radius 2 is 1.67 bits per heavy atom. The third kappa shape index (κ3) is 3.98. The third-order valence-corrected chi connectivity index (χ3v) is 4.25. The van der Waals surface area contributed by atoms with Crippen LogP contribution in [-0.4, -0.2) is 35.0 Å². The summed E-state index contributed by atoms with van der Waals surface area (Å²) in [4.78, 5) is 37.7. The number of ether oxygens (including phenoxy) is 2. The van der Waals surface area contributed by atoms with Crippen LogP contribution in [0.15, 0.2) is 60.7 Å². The minimum absolute atomic E-state index is 0.0648. The van der Waals surface area contributed by atoms with Crippen molar-refractivity contribution in [2.75, 3.05) is 0 Å². The minimum atomic E-state index is -1.05. The molecule has 0 radical (unpaired) electrons. The molecule has 140 valence electrons. The van der Waals surface area contributed by atoms with Gasteiger partial charge >= 0.3 is 11.9 Å². The minimum Gasteiger partial charge on any atom is -0.459 e. The van der Waals surface area contributed by atoms with Gasteiger partial charge in [-0.3, -0.25) is 14.5 Å². The fourth-order valence-corrected chi connectivity index (χ4v) is 2.94. The number of nitrogens with two attached hydrogens (primary N) is 1. The van der Waals surface area contributed by atoms with Crippen molar-refractivity contribution in [1.82, 2.24) is 4.90 Å². The second-order valence-electron chi connectivity index (χ2n) is 6.18. The molecule has 0 spiro atoms. The van der Waals surface area contributed by atoms with Crippen molar-refractivity contribution >= 4 is 17.8 Å². The van der Waals surface area contributed by atoms with Crippen LogP contribution >= 0.6 is 0 Å². The van der Waals surface area contributed by atoms with Crippen LogP contribution in [0.3, 0.4) is 0 Å². The second-order valence-corrected chi connectivity index (χ2v) is 6.18. The number of hydrogen-bond acceptors (Lipinski definition) is 6. The number of nitrogens with zero attached hydrogens (tertiary/aromatic N) is 1. The second kappa shape index (κ2) is 8.01. The fourth-order valence-electron chi connectivity index (χ4n) is 2.94. The Morgan fingerprint density at radius 1 is 1.07 bits per heavy atom. The maximum Gasteiger partial charge on any atom is 0.334 e. The zero-order valence-corrected chi connectivity index (χ0v) is 14.8. The van der Waals surface area contributed by atoms with Gasteiger partial charge in [-0.2, -0.15) is 0 Å². The summed E-state index contributed by atoms with van der Waals surface area (Å²) in [5.74, 6) is -1.69. The van der Waals surface area contributed by atoms with Gasteiger partial charge < -0.3 is 15.2 Å². The number of benzene rings is 2. The molecule has 1 unspecified atom stereocenters. The molecule has 1 aliphatic heterocycles. The molecular formula is C20H20N2O5. The first kappa shape index (κ1) is 18.6. The Kier molecular flexibility index (Phi) is 5.52. The van der Waals surface area contributed by atoms with E-state index < -0.39 is 36.2 Å². The molecule has 1 fully saturated rings. The van der Waals surface area contributed by atoms with E-state index in [-0.39, 0.29) is 6.61 Å². The summed E-state index contributed by atoms with van der Waals surface area (Å²) >= 11 is 0. The normalized spacial score (nSPS) is 19.8. The van der Waals surface area contributed by atoms with E-state index in [0.717, 1.165) is 10.5 Å². The molecule has 7 heteroatoms. The molecule has 1 saturated heterocycles. The first-order chi connectivity index (χ1) is 13.0. The Morgan fingerprint density at radius 3 is 2.26 bits per heavy atom. The average Bonchev–Trinajstić information content (AvgIpc) is 2.69. The highest BCUT2D eigenvalue weighted by Gasteiger charge is 2.53. The summed E-state index contributed by atoms with van der Waals surface area (Å²) in [6, 6.07) is 15.9. The molecular weight excluding hydrogens is 348 g/mol. The molecule has 0 saturated carbocycles. The summed E-state index contributed by atoms with van der Waals surface area (Å²) in [7, 11) is 0. The molecule has 0 aliphatic carbocycles. The molecule has 2 aromatic rings. The number of β-lactam (4-membered cyclic amide) rings is 1. The van der Waals surface area contributed by atoms with Crippen molar-refractivity contribution in [2.45, 2.75) is 31.8 Å². The molecule has 2 N–H and O–H groups in total. The standard InChI is InChI=1S/C20H20N2O5/c1-13(23)27-19-16(21)18(24)22(19)17(15-10-6-3-7-11-15)20(25)26-12-14-8-4-2-5-9-14/h2-11,16-17,19H,12,21H2,1H3/t16-,17?,19+/m1/s1. The van der Waals surface area contributed by atoms with Crippen LogP contribution < -0.4 is 5.73 Å². The van der Waals surface area contributed by atoms with E-state index in [1.807, 2.05) is 30.3 Å². The lowest BCUT2D eigenvalue weighted by molar-refractivity contribution is -0.199. The zero-order valence-electron chi connectivity index (χ0n) is 14.8. The van der Waals surface area contributed by atoms with Crippen molar-refractivity contribution in [3.8, 4) is 0 Å². The number of carbonyl (C=O) groups excluding carboxylic acids is 3. The smallest absolute Gasteiger partial charge is 0.334 e. The summed E-state index contributed by atoms with van der Waals surface area (Å²) in [6.45, 7) is 1.29. The summed E-state index contributed by atoms with van der Waals surface area (Å²) in [6.07, 6.45) is -1.01. The van der Waals surface area contributed by atoms with Crippen molar-refractivity contribution < 1.29 is 23.9 Å². The quantitative estimate of drug-likeness (QED) is 0.613. The molecule has 3 rings (SSSR count). The first-order valence-electron chi connectivity index (χ1n) is 8.49. The number of likely N-dealkylation sites (tertiary alicyclic amines) is 1. The predicted molar refractivity (Wildman–Crippen MR) is 95.8 cm³/mol. The van der Waals surface area contributed by atoms with Gasteiger partial charge in [-0.25, -0.2) is 4.79 Å². The van der Waals surface area contributed by atoms with Gasteiger partial charge in [0, 0.05) is 6.92 Å². The molecule has 27 heavy (non-hydrogen) atoms. The number of rotatable bonds is 6. The number of carbonyl (C=O) groups is 3. The Hall–Kier alpha value is -3.19. The van der Waals surface area contributed by atoms with E-state index in [0.29, 0.717) is 5.56 Å². The Labute approximate surface area is 156 Å². The van der Waals surface area contributed by atoms with Gasteiger partial charge in [0.15, 0.2) is 6.04 Å². The molecule has 1 amide bonds. The molecule has 7 nitrogen and oxygen atoms in total. The fraction of sp³-hybridized carbons (Fsp3) is 0.250. The number of esters is 2. The maximum atomic E-state index is 12.8. The van der Waals surface area contributed by atoms with Gasteiger partial charge in [0.25, 0.3) is 0 Å². The lowest BCUT2D eigenvalue weighted by Crippen LogP contribution is -2.71. The van der Waals surface area contributed by atoms with E-state index in [4.69, 9.17) is 15.2 Å². The van der Waals surface area contributed by atoms with Crippen LogP contribution in [0, 0.1) is 0 Å². The lowest BCUT2D eigenvalue weighted by Gasteiger charge is -2.47. The topological polar surface area (TPSA) is 98.9 Å². The Bertz CT molecular complexity index is 825. The van der Waals surface area contributed by atoms with Gasteiger partial charge in [-0.05, 0) is 11.1 Å². The third-order valence-electron chi connectivity index (χ3n) is 4.25. The van der Waals surface area contributed by atoms with Gasteiger partial charge in [0.05, 0.1) is 0 Å². The van der Waals surface area contributed by atoms with Gasteiger partial charge in [-0.1, -0.05) is 60.7 Å². The molecule has 0 aromatic heterocycles. The molecule has 3 atom stereocenters. The van der Waals surface area contributed by atoms with E-state index in [1.165, 1.54) is 6.92 Å². The monoisotopic (exact) mass is 368 g/mol. The van der Waals surface area contributed by atoms with Crippen molar-refractivity contribution in [2.24, 2.45) is 5.73 Å². The molecule has 2 aromatic carbocycles. The van der Waals surface area contributed by atoms with E-state index >= 15 is 0 Å².